The van der Waals surface area contributed by atoms with Gasteiger partial charge in [-0.2, -0.15) is 0 Å². The summed E-state index contributed by atoms with van der Waals surface area (Å²) in [4.78, 5) is 31.2. The van der Waals surface area contributed by atoms with Gasteiger partial charge in [0.2, 0.25) is 5.91 Å². The number of thiazole rings is 1. The summed E-state index contributed by atoms with van der Waals surface area (Å²) >= 11 is 1.34. The van der Waals surface area contributed by atoms with Crippen molar-refractivity contribution in [2.24, 2.45) is 0 Å². The Labute approximate surface area is 178 Å². The standard InChI is InChI=1S/C22H21N3O4S/c1-13(20(26)24-22-23-6-7-30-22)25-12-15-5-4-14(10-19(15)21(25)27)16-8-17(28-2)11-18(9-16)29-3/h4-11,13H,12H2,1-3H3,(H,23,24,26)/t13-/m1/s1. The van der Waals surface area contributed by atoms with Crippen LogP contribution in [0.3, 0.4) is 0 Å². The molecule has 0 spiro atoms. The SMILES string of the molecule is COc1cc(OC)cc(-c2ccc3c(c2)C(=O)N([C@H](C)C(=O)Nc2nccs2)C3)c1. The van der Waals surface area contributed by atoms with Gasteiger partial charge in [0.05, 0.1) is 14.2 Å². The van der Waals surface area contributed by atoms with Gasteiger partial charge >= 0.3 is 0 Å². The van der Waals surface area contributed by atoms with Gasteiger partial charge in [0.25, 0.3) is 5.91 Å². The van der Waals surface area contributed by atoms with Gasteiger partial charge in [-0.15, -0.1) is 11.3 Å². The third kappa shape index (κ3) is 3.73. The van der Waals surface area contributed by atoms with Gasteiger partial charge in [-0.3, -0.25) is 9.59 Å². The Hall–Kier alpha value is -3.39. The second kappa shape index (κ2) is 8.16. The zero-order valence-electron chi connectivity index (χ0n) is 16.8. The van der Waals surface area contributed by atoms with Crippen molar-refractivity contribution in [2.75, 3.05) is 19.5 Å². The Morgan fingerprint density at radius 2 is 1.87 bits per heavy atom. The molecule has 7 nitrogen and oxygen atoms in total. The predicted octanol–water partition coefficient (Wildman–Crippen LogP) is 3.81. The Bertz CT molecular complexity index is 1080. The van der Waals surface area contributed by atoms with Gasteiger partial charge in [-0.05, 0) is 41.8 Å². The van der Waals surface area contributed by atoms with Crippen LogP contribution >= 0.6 is 11.3 Å². The molecular formula is C22H21N3O4S. The zero-order valence-corrected chi connectivity index (χ0v) is 17.7. The first-order chi connectivity index (χ1) is 14.5. The molecule has 3 aromatic rings. The lowest BCUT2D eigenvalue weighted by Gasteiger charge is -2.22. The molecule has 1 N–H and O–H groups in total. The summed E-state index contributed by atoms with van der Waals surface area (Å²) < 4.78 is 10.7. The van der Waals surface area contributed by atoms with Gasteiger partial charge in [-0.25, -0.2) is 4.98 Å². The van der Waals surface area contributed by atoms with Crippen molar-refractivity contribution < 1.29 is 19.1 Å². The van der Waals surface area contributed by atoms with Gasteiger partial charge < -0.3 is 19.7 Å². The van der Waals surface area contributed by atoms with E-state index in [1.165, 1.54) is 11.3 Å². The van der Waals surface area contributed by atoms with E-state index < -0.39 is 6.04 Å². The number of carbonyl (C=O) groups excluding carboxylic acids is 2. The van der Waals surface area contributed by atoms with Crippen molar-refractivity contribution >= 4 is 28.3 Å². The molecule has 1 aromatic heterocycles. The number of ether oxygens (including phenoxy) is 2. The van der Waals surface area contributed by atoms with Crippen LogP contribution in [0.4, 0.5) is 5.13 Å². The van der Waals surface area contributed by atoms with E-state index in [0.717, 1.165) is 16.7 Å². The summed E-state index contributed by atoms with van der Waals surface area (Å²) in [6, 6.07) is 10.7. The van der Waals surface area contributed by atoms with Gasteiger partial charge in [0, 0.05) is 29.8 Å². The van der Waals surface area contributed by atoms with Crippen LogP contribution in [-0.2, 0) is 11.3 Å². The predicted molar refractivity (Wildman–Crippen MR) is 115 cm³/mol. The second-order valence-corrected chi connectivity index (χ2v) is 7.80. The molecule has 2 heterocycles. The smallest absolute Gasteiger partial charge is 0.255 e. The number of amides is 2. The second-order valence-electron chi connectivity index (χ2n) is 6.91. The third-order valence-electron chi connectivity index (χ3n) is 5.14. The molecule has 0 unspecified atom stereocenters. The first-order valence-electron chi connectivity index (χ1n) is 9.38. The van der Waals surface area contributed by atoms with Crippen molar-refractivity contribution in [1.82, 2.24) is 9.88 Å². The van der Waals surface area contributed by atoms with Gasteiger partial charge in [0.15, 0.2) is 5.13 Å². The number of nitrogens with one attached hydrogen (secondary N) is 1. The minimum Gasteiger partial charge on any atom is -0.497 e. The lowest BCUT2D eigenvalue weighted by Crippen LogP contribution is -2.42. The molecule has 1 aliphatic rings. The maximum atomic E-state index is 13.1. The van der Waals surface area contributed by atoms with Crippen LogP contribution in [0.5, 0.6) is 11.5 Å². The maximum Gasteiger partial charge on any atom is 0.255 e. The molecule has 0 aliphatic carbocycles. The van der Waals surface area contributed by atoms with E-state index in [9.17, 15) is 9.59 Å². The monoisotopic (exact) mass is 423 g/mol. The van der Waals surface area contributed by atoms with Crippen LogP contribution < -0.4 is 14.8 Å². The normalized spacial score (nSPS) is 13.7. The summed E-state index contributed by atoms with van der Waals surface area (Å²) in [7, 11) is 3.20. The van der Waals surface area contributed by atoms with Crippen molar-refractivity contribution in [3.8, 4) is 22.6 Å². The van der Waals surface area contributed by atoms with Crippen LogP contribution in [0.1, 0.15) is 22.8 Å². The van der Waals surface area contributed by atoms with E-state index in [-0.39, 0.29) is 11.8 Å². The van der Waals surface area contributed by atoms with Crippen LogP contribution in [0, 0.1) is 0 Å². The molecule has 0 bridgehead atoms. The number of benzene rings is 2. The molecule has 8 heteroatoms. The number of anilines is 1. The maximum absolute atomic E-state index is 13.1. The molecule has 154 valence electrons. The number of fused-ring (bicyclic) bond motifs is 1. The zero-order chi connectivity index (χ0) is 21.3. The lowest BCUT2D eigenvalue weighted by molar-refractivity contribution is -0.120. The number of rotatable bonds is 6. The number of nitrogens with zero attached hydrogens (tertiary/aromatic N) is 2. The van der Waals surface area contributed by atoms with Crippen molar-refractivity contribution in [1.29, 1.82) is 0 Å². The number of hydrogen-bond donors (Lipinski definition) is 1. The molecule has 1 atom stereocenters. The fraction of sp³-hybridized carbons (Fsp3) is 0.227. The molecule has 0 fully saturated rings. The Morgan fingerprint density at radius 3 is 2.50 bits per heavy atom. The molecular weight excluding hydrogens is 402 g/mol. The van der Waals surface area contributed by atoms with Crippen LogP contribution in [-0.4, -0.2) is 42.0 Å². The molecule has 0 radical (unpaired) electrons. The van der Waals surface area contributed by atoms with E-state index in [1.54, 1.807) is 43.7 Å². The molecule has 1 aliphatic heterocycles. The highest BCUT2D eigenvalue weighted by Gasteiger charge is 2.34. The van der Waals surface area contributed by atoms with E-state index in [0.29, 0.717) is 28.7 Å². The van der Waals surface area contributed by atoms with E-state index >= 15 is 0 Å². The molecule has 2 aromatic carbocycles. The number of methoxy groups -OCH3 is 2. The fourth-order valence-electron chi connectivity index (χ4n) is 3.43. The van der Waals surface area contributed by atoms with E-state index in [4.69, 9.17) is 9.47 Å². The summed E-state index contributed by atoms with van der Waals surface area (Å²) in [6.45, 7) is 2.11. The topological polar surface area (TPSA) is 80.8 Å². The minimum atomic E-state index is -0.617. The summed E-state index contributed by atoms with van der Waals surface area (Å²) in [5.74, 6) is 0.919. The van der Waals surface area contributed by atoms with Gasteiger partial charge in [-0.1, -0.05) is 12.1 Å². The van der Waals surface area contributed by atoms with Crippen LogP contribution in [0.25, 0.3) is 11.1 Å². The number of aromatic nitrogens is 1. The minimum absolute atomic E-state index is 0.163. The number of carbonyl (C=O) groups is 2. The first-order valence-corrected chi connectivity index (χ1v) is 10.3. The highest BCUT2D eigenvalue weighted by atomic mass is 32.1. The van der Waals surface area contributed by atoms with Crippen molar-refractivity contribution in [2.45, 2.75) is 19.5 Å². The van der Waals surface area contributed by atoms with E-state index in [2.05, 4.69) is 10.3 Å². The summed E-state index contributed by atoms with van der Waals surface area (Å²) in [5.41, 5.74) is 3.26. The molecule has 0 saturated heterocycles. The molecule has 4 rings (SSSR count). The van der Waals surface area contributed by atoms with Crippen LogP contribution in [0.2, 0.25) is 0 Å². The lowest BCUT2D eigenvalue weighted by atomic mass is 10.00. The largest absolute Gasteiger partial charge is 0.497 e. The third-order valence-corrected chi connectivity index (χ3v) is 5.82. The average molecular weight is 423 g/mol. The summed E-state index contributed by atoms with van der Waals surface area (Å²) in [5, 5.41) is 5.06. The quantitative estimate of drug-likeness (QED) is 0.652. The Morgan fingerprint density at radius 1 is 1.13 bits per heavy atom. The Kier molecular flexibility index (Phi) is 5.41. The molecule has 2 amide bonds. The summed E-state index contributed by atoms with van der Waals surface area (Å²) in [6.07, 6.45) is 1.62. The van der Waals surface area contributed by atoms with Crippen molar-refractivity contribution in [3.63, 3.8) is 0 Å². The highest BCUT2D eigenvalue weighted by molar-refractivity contribution is 7.13. The number of hydrogen-bond acceptors (Lipinski definition) is 6. The first kappa shape index (κ1) is 19.9. The fourth-order valence-corrected chi connectivity index (χ4v) is 3.96. The van der Waals surface area contributed by atoms with Crippen molar-refractivity contribution in [3.05, 3.63) is 59.1 Å². The molecule has 30 heavy (non-hydrogen) atoms. The van der Waals surface area contributed by atoms with E-state index in [1.807, 2.05) is 30.3 Å². The molecule has 0 saturated carbocycles. The highest BCUT2D eigenvalue weighted by Crippen LogP contribution is 2.33. The Balaban J connectivity index is 1.58. The average Bonchev–Trinajstić information content (AvgIpc) is 3.40. The van der Waals surface area contributed by atoms with Gasteiger partial charge in [0.1, 0.15) is 17.5 Å². The van der Waals surface area contributed by atoms with Crippen LogP contribution in [0.15, 0.2) is 48.0 Å².